The summed E-state index contributed by atoms with van der Waals surface area (Å²) >= 11 is 0. The Kier molecular flexibility index (Phi) is 4.12. The minimum Gasteiger partial charge on any atom is -0.481 e. The third-order valence-corrected chi connectivity index (χ3v) is 3.70. The van der Waals surface area contributed by atoms with E-state index in [1.807, 2.05) is 0 Å². The van der Waals surface area contributed by atoms with E-state index in [1.54, 1.807) is 0 Å². The predicted molar refractivity (Wildman–Crippen MR) is 66.0 cm³/mol. The first-order valence-corrected chi connectivity index (χ1v) is 6.44. The van der Waals surface area contributed by atoms with Crippen molar-refractivity contribution in [2.75, 3.05) is 33.4 Å². The van der Waals surface area contributed by atoms with E-state index in [0.717, 1.165) is 0 Å². The van der Waals surface area contributed by atoms with Gasteiger partial charge in [0.2, 0.25) is 0 Å². The number of aliphatic carboxylic acids is 1. The Balaban J connectivity index is 1.83. The van der Waals surface area contributed by atoms with E-state index in [1.165, 1.54) is 12.0 Å². The van der Waals surface area contributed by atoms with Gasteiger partial charge in [0.05, 0.1) is 25.7 Å². The lowest BCUT2D eigenvalue weighted by Crippen LogP contribution is -2.53. The van der Waals surface area contributed by atoms with Gasteiger partial charge in [-0.2, -0.15) is 0 Å². The van der Waals surface area contributed by atoms with Crippen LogP contribution in [0.1, 0.15) is 12.8 Å². The predicted octanol–water partition coefficient (Wildman–Crippen LogP) is -0.565. The number of carboxylic acid groups (broad SMARTS) is 1. The fraction of sp³-hybridized carbons (Fsp3) is 0.750. The number of ether oxygens (including phenoxy) is 2. The van der Waals surface area contributed by atoms with Crippen LogP contribution in [0.2, 0.25) is 0 Å². The van der Waals surface area contributed by atoms with E-state index in [0.29, 0.717) is 19.4 Å². The van der Waals surface area contributed by atoms with Crippen LogP contribution in [0.4, 0.5) is 4.79 Å². The standard InChI is InChI=1S/C12H18N2O6/c1-19-9(15)8-6-14(4-5-20-8)11(18)13-7-12(2-3-12)10(16)17/h8H,2-7H2,1H3,(H,13,18)(H,16,17). The number of morpholine rings is 1. The average Bonchev–Trinajstić information content (AvgIpc) is 3.25. The van der Waals surface area contributed by atoms with Crippen molar-refractivity contribution in [3.8, 4) is 0 Å². The lowest BCUT2D eigenvalue weighted by Gasteiger charge is -2.31. The van der Waals surface area contributed by atoms with Gasteiger partial charge in [-0.15, -0.1) is 0 Å². The van der Waals surface area contributed by atoms with E-state index in [-0.39, 0.29) is 25.7 Å². The topological polar surface area (TPSA) is 105 Å². The Labute approximate surface area is 116 Å². The Bertz CT molecular complexity index is 420. The Hall–Kier alpha value is -1.83. The maximum absolute atomic E-state index is 12.0. The molecule has 112 valence electrons. The summed E-state index contributed by atoms with van der Waals surface area (Å²) in [6.07, 6.45) is 0.376. The van der Waals surface area contributed by atoms with Gasteiger partial charge in [0.1, 0.15) is 0 Å². The van der Waals surface area contributed by atoms with Crippen LogP contribution in [0, 0.1) is 5.41 Å². The average molecular weight is 286 g/mol. The van der Waals surface area contributed by atoms with Crippen molar-refractivity contribution in [3.05, 3.63) is 0 Å². The lowest BCUT2D eigenvalue weighted by atomic mass is 10.1. The Morgan fingerprint density at radius 2 is 2.15 bits per heavy atom. The normalized spacial score (nSPS) is 23.9. The number of esters is 1. The summed E-state index contributed by atoms with van der Waals surface area (Å²) in [6.45, 7) is 0.830. The number of nitrogens with one attached hydrogen (secondary N) is 1. The van der Waals surface area contributed by atoms with Gasteiger partial charge in [0.15, 0.2) is 6.10 Å². The van der Waals surface area contributed by atoms with Crippen molar-refractivity contribution in [3.63, 3.8) is 0 Å². The number of rotatable bonds is 4. The molecule has 1 saturated heterocycles. The van der Waals surface area contributed by atoms with Gasteiger partial charge in [-0.1, -0.05) is 0 Å². The highest BCUT2D eigenvalue weighted by Crippen LogP contribution is 2.45. The summed E-state index contributed by atoms with van der Waals surface area (Å²) in [5.74, 6) is -1.40. The maximum Gasteiger partial charge on any atom is 0.336 e. The monoisotopic (exact) mass is 286 g/mol. The molecule has 2 fully saturated rings. The van der Waals surface area contributed by atoms with Crippen LogP contribution in [0.5, 0.6) is 0 Å². The molecule has 20 heavy (non-hydrogen) atoms. The van der Waals surface area contributed by atoms with Gasteiger partial charge in [-0.05, 0) is 12.8 Å². The molecule has 0 aromatic heterocycles. The number of amides is 2. The highest BCUT2D eigenvalue weighted by Gasteiger charge is 2.50. The smallest absolute Gasteiger partial charge is 0.336 e. The van der Waals surface area contributed by atoms with Gasteiger partial charge < -0.3 is 24.8 Å². The van der Waals surface area contributed by atoms with Crippen molar-refractivity contribution in [2.24, 2.45) is 5.41 Å². The lowest BCUT2D eigenvalue weighted by molar-refractivity contribution is -0.158. The van der Waals surface area contributed by atoms with Gasteiger partial charge in [0, 0.05) is 13.1 Å². The first-order valence-electron chi connectivity index (χ1n) is 6.44. The van der Waals surface area contributed by atoms with Crippen LogP contribution >= 0.6 is 0 Å². The van der Waals surface area contributed by atoms with Crippen LogP contribution < -0.4 is 5.32 Å². The molecule has 8 nitrogen and oxygen atoms in total. The molecule has 1 atom stereocenters. The molecule has 2 N–H and O–H groups in total. The molecule has 1 aliphatic carbocycles. The van der Waals surface area contributed by atoms with Crippen LogP contribution in [-0.2, 0) is 19.1 Å². The minimum absolute atomic E-state index is 0.110. The van der Waals surface area contributed by atoms with Crippen molar-refractivity contribution in [1.29, 1.82) is 0 Å². The number of carboxylic acids is 1. The van der Waals surface area contributed by atoms with Crippen molar-refractivity contribution < 1.29 is 29.0 Å². The number of carbonyl (C=O) groups is 3. The SMILES string of the molecule is COC(=O)C1CN(C(=O)NCC2(C(=O)O)CC2)CCO1. The second kappa shape index (κ2) is 5.66. The van der Waals surface area contributed by atoms with E-state index in [9.17, 15) is 14.4 Å². The zero-order valence-electron chi connectivity index (χ0n) is 11.3. The van der Waals surface area contributed by atoms with E-state index >= 15 is 0 Å². The van der Waals surface area contributed by atoms with E-state index < -0.39 is 23.5 Å². The first-order chi connectivity index (χ1) is 9.48. The van der Waals surface area contributed by atoms with Crippen LogP contribution in [0.3, 0.4) is 0 Å². The third-order valence-electron chi connectivity index (χ3n) is 3.70. The molecular formula is C12H18N2O6. The Morgan fingerprint density at radius 1 is 1.45 bits per heavy atom. The molecule has 0 aromatic rings. The fourth-order valence-electron chi connectivity index (χ4n) is 2.08. The molecule has 8 heteroatoms. The molecule has 0 bridgehead atoms. The highest BCUT2D eigenvalue weighted by atomic mass is 16.6. The summed E-state index contributed by atoms with van der Waals surface area (Å²) in [4.78, 5) is 35.8. The highest BCUT2D eigenvalue weighted by molar-refractivity contribution is 5.81. The number of methoxy groups -OCH3 is 1. The first kappa shape index (κ1) is 14.6. The quantitative estimate of drug-likeness (QED) is 0.671. The van der Waals surface area contributed by atoms with E-state index in [2.05, 4.69) is 10.1 Å². The molecule has 1 heterocycles. The summed E-state index contributed by atoms with van der Waals surface area (Å²) in [6, 6.07) is -0.380. The van der Waals surface area contributed by atoms with Crippen LogP contribution in [0.25, 0.3) is 0 Å². The van der Waals surface area contributed by atoms with Crippen molar-refractivity contribution in [1.82, 2.24) is 10.2 Å². The summed E-state index contributed by atoms with van der Waals surface area (Å²) in [7, 11) is 1.26. The number of hydrogen-bond acceptors (Lipinski definition) is 5. The van der Waals surface area contributed by atoms with Gasteiger partial charge in [-0.25, -0.2) is 9.59 Å². The van der Waals surface area contributed by atoms with Crippen LogP contribution in [0.15, 0.2) is 0 Å². The molecule has 1 saturated carbocycles. The van der Waals surface area contributed by atoms with Gasteiger partial charge in [0.25, 0.3) is 0 Å². The second-order valence-corrected chi connectivity index (χ2v) is 5.07. The minimum atomic E-state index is -0.882. The summed E-state index contributed by atoms with van der Waals surface area (Å²) < 4.78 is 9.79. The van der Waals surface area contributed by atoms with Crippen LogP contribution in [-0.4, -0.2) is 67.4 Å². The van der Waals surface area contributed by atoms with Crippen molar-refractivity contribution in [2.45, 2.75) is 18.9 Å². The molecule has 1 aliphatic heterocycles. The van der Waals surface area contributed by atoms with Crippen molar-refractivity contribution >= 4 is 18.0 Å². The molecule has 0 spiro atoms. The zero-order valence-corrected chi connectivity index (χ0v) is 11.3. The molecule has 1 unspecified atom stereocenters. The molecule has 0 aromatic carbocycles. The summed E-state index contributed by atoms with van der Waals surface area (Å²) in [5.41, 5.74) is -0.802. The maximum atomic E-state index is 12.0. The molecule has 0 radical (unpaired) electrons. The summed E-state index contributed by atoms with van der Waals surface area (Å²) in [5, 5.41) is 11.6. The molecular weight excluding hydrogens is 268 g/mol. The fourth-order valence-corrected chi connectivity index (χ4v) is 2.08. The molecule has 2 aliphatic rings. The number of carbonyl (C=O) groups excluding carboxylic acids is 2. The third kappa shape index (κ3) is 3.01. The molecule has 2 rings (SSSR count). The van der Waals surface area contributed by atoms with Gasteiger partial charge >= 0.3 is 18.0 Å². The number of hydrogen-bond donors (Lipinski definition) is 2. The second-order valence-electron chi connectivity index (χ2n) is 5.07. The Morgan fingerprint density at radius 3 is 2.70 bits per heavy atom. The largest absolute Gasteiger partial charge is 0.481 e. The zero-order chi connectivity index (χ0) is 14.8. The van der Waals surface area contributed by atoms with Gasteiger partial charge in [-0.3, -0.25) is 4.79 Å². The molecule has 2 amide bonds. The van der Waals surface area contributed by atoms with E-state index in [4.69, 9.17) is 9.84 Å². The number of urea groups is 1. The number of nitrogens with zero attached hydrogens (tertiary/aromatic N) is 1.